The Kier molecular flexibility index (Phi) is 3.48. The minimum absolute atomic E-state index is 0.106. The summed E-state index contributed by atoms with van der Waals surface area (Å²) in [6.07, 6.45) is 2.81. The maximum Gasteiger partial charge on any atom is 0.347 e. The lowest BCUT2D eigenvalue weighted by molar-refractivity contribution is 0.0731. The van der Waals surface area contributed by atoms with Crippen LogP contribution in [-0.4, -0.2) is 16.1 Å². The fraction of sp³-hybridized carbons (Fsp3) is 0.0769. The molecule has 1 aromatic heterocycles. The van der Waals surface area contributed by atoms with Crippen LogP contribution in [0.4, 0.5) is 0 Å². The zero-order valence-corrected chi connectivity index (χ0v) is 10.3. The van der Waals surface area contributed by atoms with Gasteiger partial charge in [-0.1, -0.05) is 23.2 Å². The fourth-order valence-electron chi connectivity index (χ4n) is 1.42. The van der Waals surface area contributed by atoms with E-state index in [0.717, 1.165) is 5.56 Å². The summed E-state index contributed by atoms with van der Waals surface area (Å²) in [4.78, 5) is 15.6. The highest BCUT2D eigenvalue weighted by atomic mass is 35.5. The first kappa shape index (κ1) is 12.4. The zero-order chi connectivity index (χ0) is 13.1. The third kappa shape index (κ3) is 2.78. The second-order valence-corrected chi connectivity index (χ2v) is 4.19. The molecule has 0 aliphatic heterocycles. The Morgan fingerprint density at radius 2 is 2.11 bits per heavy atom. The molecule has 1 N–H and O–H groups in total. The Morgan fingerprint density at radius 1 is 1.33 bits per heavy atom. The maximum atomic E-state index is 11.8. The molecule has 0 saturated carbocycles. The number of phenols is 1. The second-order valence-electron chi connectivity index (χ2n) is 3.75. The van der Waals surface area contributed by atoms with Crippen LogP contribution in [-0.2, 0) is 0 Å². The van der Waals surface area contributed by atoms with Gasteiger partial charge in [-0.2, -0.15) is 0 Å². The third-order valence-electron chi connectivity index (χ3n) is 2.26. The number of hydrogen-bond acceptors (Lipinski definition) is 4. The summed E-state index contributed by atoms with van der Waals surface area (Å²) >= 11 is 5.73. The molecule has 2 rings (SSSR count). The number of rotatable bonds is 2. The SMILES string of the molecule is Cc1ccc(O)c(C(=O)Oc2cncc(Cl)c2)c1. The van der Waals surface area contributed by atoms with Crippen LogP contribution < -0.4 is 4.74 Å². The van der Waals surface area contributed by atoms with Crippen molar-refractivity contribution in [1.82, 2.24) is 4.98 Å². The summed E-state index contributed by atoms with van der Waals surface area (Å²) in [5.41, 5.74) is 0.957. The van der Waals surface area contributed by atoms with Gasteiger partial charge in [0.05, 0.1) is 11.2 Å². The molecule has 18 heavy (non-hydrogen) atoms. The number of aromatic nitrogens is 1. The molecule has 0 fully saturated rings. The molecule has 2 aromatic rings. The first-order valence-electron chi connectivity index (χ1n) is 5.18. The number of aromatic hydroxyl groups is 1. The van der Waals surface area contributed by atoms with E-state index in [0.29, 0.717) is 5.02 Å². The van der Waals surface area contributed by atoms with Crippen molar-refractivity contribution in [2.75, 3.05) is 0 Å². The fourth-order valence-corrected chi connectivity index (χ4v) is 1.59. The number of hydrogen-bond donors (Lipinski definition) is 1. The van der Waals surface area contributed by atoms with Crippen LogP contribution in [0.2, 0.25) is 5.02 Å². The number of carbonyl (C=O) groups is 1. The van der Waals surface area contributed by atoms with E-state index in [1.54, 1.807) is 12.1 Å². The first-order valence-corrected chi connectivity index (χ1v) is 5.56. The molecule has 0 radical (unpaired) electrons. The van der Waals surface area contributed by atoms with Crippen LogP contribution in [0.3, 0.4) is 0 Å². The van der Waals surface area contributed by atoms with Gasteiger partial charge in [0, 0.05) is 12.3 Å². The molecule has 0 saturated heterocycles. The summed E-state index contributed by atoms with van der Waals surface area (Å²) < 4.78 is 5.07. The molecule has 0 aliphatic rings. The maximum absolute atomic E-state index is 11.8. The molecule has 5 heteroatoms. The number of pyridine rings is 1. The van der Waals surface area contributed by atoms with Gasteiger partial charge in [0.2, 0.25) is 0 Å². The average molecular weight is 264 g/mol. The molecule has 0 atom stereocenters. The van der Waals surface area contributed by atoms with Crippen LogP contribution >= 0.6 is 11.6 Å². The van der Waals surface area contributed by atoms with Gasteiger partial charge in [0.25, 0.3) is 0 Å². The van der Waals surface area contributed by atoms with E-state index < -0.39 is 5.97 Å². The summed E-state index contributed by atoms with van der Waals surface area (Å²) in [6, 6.07) is 6.17. The second kappa shape index (κ2) is 5.06. The van der Waals surface area contributed by atoms with Gasteiger partial charge in [0.1, 0.15) is 11.3 Å². The molecular weight excluding hydrogens is 254 g/mol. The lowest BCUT2D eigenvalue weighted by atomic mass is 10.1. The molecular formula is C13H10ClNO3. The number of carbonyl (C=O) groups excluding carboxylic acids is 1. The van der Waals surface area contributed by atoms with Gasteiger partial charge in [-0.25, -0.2) is 4.79 Å². The number of phenolic OH excluding ortho intramolecular Hbond substituents is 1. The number of benzene rings is 1. The van der Waals surface area contributed by atoms with Crippen LogP contribution in [0.5, 0.6) is 11.5 Å². The Bertz CT molecular complexity index is 599. The van der Waals surface area contributed by atoms with E-state index in [-0.39, 0.29) is 17.1 Å². The average Bonchev–Trinajstić information content (AvgIpc) is 2.32. The third-order valence-corrected chi connectivity index (χ3v) is 2.47. The van der Waals surface area contributed by atoms with Crippen LogP contribution in [0.1, 0.15) is 15.9 Å². The van der Waals surface area contributed by atoms with Gasteiger partial charge >= 0.3 is 5.97 Å². The van der Waals surface area contributed by atoms with Crippen molar-refractivity contribution >= 4 is 17.6 Å². The molecule has 92 valence electrons. The Balaban J connectivity index is 2.24. The van der Waals surface area contributed by atoms with Crippen molar-refractivity contribution in [2.45, 2.75) is 6.92 Å². The number of nitrogens with zero attached hydrogens (tertiary/aromatic N) is 1. The predicted octanol–water partition coefficient (Wildman–Crippen LogP) is 2.97. The monoisotopic (exact) mass is 263 g/mol. The van der Waals surface area contributed by atoms with Crippen molar-refractivity contribution in [3.8, 4) is 11.5 Å². The van der Waals surface area contributed by atoms with Gasteiger partial charge in [-0.3, -0.25) is 4.98 Å². The van der Waals surface area contributed by atoms with Crippen LogP contribution in [0.25, 0.3) is 0 Å². The Hall–Kier alpha value is -2.07. The lowest BCUT2D eigenvalue weighted by Gasteiger charge is -2.06. The van der Waals surface area contributed by atoms with Crippen molar-refractivity contribution in [1.29, 1.82) is 0 Å². The normalized spacial score (nSPS) is 10.1. The number of aryl methyl sites for hydroxylation is 1. The quantitative estimate of drug-likeness (QED) is 0.846. The van der Waals surface area contributed by atoms with Gasteiger partial charge < -0.3 is 9.84 Å². The highest BCUT2D eigenvalue weighted by Crippen LogP contribution is 2.21. The summed E-state index contributed by atoms with van der Waals surface area (Å²) in [5, 5.41) is 9.96. The van der Waals surface area contributed by atoms with E-state index in [9.17, 15) is 9.90 Å². The number of ether oxygens (including phenoxy) is 1. The molecule has 4 nitrogen and oxygen atoms in total. The topological polar surface area (TPSA) is 59.4 Å². The van der Waals surface area contributed by atoms with Gasteiger partial charge in [-0.15, -0.1) is 0 Å². The van der Waals surface area contributed by atoms with E-state index in [1.165, 1.54) is 24.5 Å². The molecule has 0 aliphatic carbocycles. The Labute approximate surface area is 109 Å². The van der Waals surface area contributed by atoms with E-state index in [4.69, 9.17) is 16.3 Å². The molecule has 0 unspecified atom stereocenters. The molecule has 1 aromatic carbocycles. The van der Waals surface area contributed by atoms with E-state index in [2.05, 4.69) is 4.98 Å². The van der Waals surface area contributed by atoms with Crippen molar-refractivity contribution in [3.63, 3.8) is 0 Å². The molecule has 0 amide bonds. The minimum Gasteiger partial charge on any atom is -0.507 e. The van der Waals surface area contributed by atoms with Gasteiger partial charge in [0.15, 0.2) is 5.75 Å². The summed E-state index contributed by atoms with van der Waals surface area (Å²) in [5.74, 6) is -0.547. The molecule has 0 spiro atoms. The Morgan fingerprint density at radius 3 is 2.83 bits per heavy atom. The van der Waals surface area contributed by atoms with Crippen molar-refractivity contribution < 1.29 is 14.6 Å². The highest BCUT2D eigenvalue weighted by molar-refractivity contribution is 6.30. The summed E-state index contributed by atoms with van der Waals surface area (Å²) in [7, 11) is 0. The standard InChI is InChI=1S/C13H10ClNO3/c1-8-2-3-12(16)11(4-8)13(17)18-10-5-9(14)6-15-7-10/h2-7,16H,1H3. The van der Waals surface area contributed by atoms with E-state index >= 15 is 0 Å². The van der Waals surface area contributed by atoms with E-state index in [1.807, 2.05) is 6.92 Å². The smallest absolute Gasteiger partial charge is 0.347 e. The lowest BCUT2D eigenvalue weighted by Crippen LogP contribution is -2.09. The van der Waals surface area contributed by atoms with Crippen molar-refractivity contribution in [2.24, 2.45) is 0 Å². The largest absolute Gasteiger partial charge is 0.507 e. The van der Waals surface area contributed by atoms with Crippen molar-refractivity contribution in [3.05, 3.63) is 52.8 Å². The number of halogens is 1. The van der Waals surface area contributed by atoms with Gasteiger partial charge in [-0.05, 0) is 19.1 Å². The summed E-state index contributed by atoms with van der Waals surface area (Å²) in [6.45, 7) is 1.82. The molecule has 1 heterocycles. The predicted molar refractivity (Wildman–Crippen MR) is 67.0 cm³/mol. The first-order chi connectivity index (χ1) is 8.56. The van der Waals surface area contributed by atoms with Crippen LogP contribution in [0, 0.1) is 6.92 Å². The minimum atomic E-state index is -0.653. The number of esters is 1. The zero-order valence-electron chi connectivity index (χ0n) is 9.55. The highest BCUT2D eigenvalue weighted by Gasteiger charge is 2.14. The molecule has 0 bridgehead atoms. The van der Waals surface area contributed by atoms with Crippen LogP contribution in [0.15, 0.2) is 36.7 Å².